The van der Waals surface area contributed by atoms with Crippen LogP contribution in [-0.2, 0) is 16.0 Å². The van der Waals surface area contributed by atoms with Crippen LogP contribution in [-0.4, -0.2) is 29.0 Å². The van der Waals surface area contributed by atoms with E-state index < -0.39 is 17.9 Å². The lowest BCUT2D eigenvalue weighted by molar-refractivity contribution is -0.138. The minimum absolute atomic E-state index is 0.108. The van der Waals surface area contributed by atoms with Gasteiger partial charge in [0, 0.05) is 11.4 Å². The Morgan fingerprint density at radius 3 is 2.50 bits per heavy atom. The van der Waals surface area contributed by atoms with Crippen LogP contribution in [0.15, 0.2) is 65.3 Å². The van der Waals surface area contributed by atoms with Crippen molar-refractivity contribution in [2.24, 2.45) is 4.99 Å². The normalized spacial score (nSPS) is 17.8. The molecule has 0 spiro atoms. The quantitative estimate of drug-likeness (QED) is 0.706. The Morgan fingerprint density at radius 2 is 1.81 bits per heavy atom. The smallest absolute Gasteiger partial charge is 0.328 e. The van der Waals surface area contributed by atoms with Crippen LogP contribution in [0.5, 0.6) is 0 Å². The van der Waals surface area contributed by atoms with Crippen LogP contribution < -0.4 is 10.6 Å². The molecular formula is C19H16ClN3O3. The minimum Gasteiger partial charge on any atom is -0.480 e. The van der Waals surface area contributed by atoms with Crippen molar-refractivity contribution >= 4 is 35.5 Å². The zero-order valence-electron chi connectivity index (χ0n) is 13.6. The topological polar surface area (TPSA) is 90.8 Å². The van der Waals surface area contributed by atoms with E-state index in [1.165, 1.54) is 0 Å². The van der Waals surface area contributed by atoms with E-state index in [0.717, 1.165) is 5.56 Å². The number of hydrogen-bond acceptors (Lipinski definition) is 3. The van der Waals surface area contributed by atoms with Crippen molar-refractivity contribution in [2.45, 2.75) is 12.5 Å². The van der Waals surface area contributed by atoms with Crippen molar-refractivity contribution in [2.75, 3.05) is 0 Å². The summed E-state index contributed by atoms with van der Waals surface area (Å²) in [6.07, 6.45) is 1.81. The van der Waals surface area contributed by atoms with Crippen molar-refractivity contribution in [3.8, 4) is 0 Å². The first-order valence-electron chi connectivity index (χ1n) is 7.92. The van der Waals surface area contributed by atoms with E-state index in [9.17, 15) is 14.7 Å². The van der Waals surface area contributed by atoms with Gasteiger partial charge in [-0.2, -0.15) is 0 Å². The summed E-state index contributed by atoms with van der Waals surface area (Å²) in [6, 6.07) is 15.3. The first-order valence-corrected chi connectivity index (χ1v) is 8.30. The van der Waals surface area contributed by atoms with Gasteiger partial charge in [-0.15, -0.1) is 0 Å². The summed E-state index contributed by atoms with van der Waals surface area (Å²) in [5.74, 6) is -1.36. The number of carboxylic acids is 1. The molecule has 6 nitrogen and oxygen atoms in total. The highest BCUT2D eigenvalue weighted by atomic mass is 35.5. The molecule has 0 bridgehead atoms. The molecule has 132 valence electrons. The van der Waals surface area contributed by atoms with Gasteiger partial charge in [0.25, 0.3) is 5.91 Å². The molecule has 1 unspecified atom stereocenters. The van der Waals surface area contributed by atoms with Gasteiger partial charge in [-0.05, 0) is 23.3 Å². The molecule has 1 fully saturated rings. The molecule has 0 aliphatic carbocycles. The number of hydrogen-bond donors (Lipinski definition) is 3. The lowest BCUT2D eigenvalue weighted by atomic mass is 10.1. The molecule has 7 heteroatoms. The van der Waals surface area contributed by atoms with Crippen LogP contribution in [0.2, 0.25) is 5.02 Å². The Labute approximate surface area is 155 Å². The molecule has 1 atom stereocenters. The summed E-state index contributed by atoms with van der Waals surface area (Å²) in [5.41, 5.74) is 1.77. The van der Waals surface area contributed by atoms with Crippen LogP contribution >= 0.6 is 11.6 Å². The number of aliphatic imine (C=N–C) groups is 1. The highest BCUT2D eigenvalue weighted by Crippen LogP contribution is 2.18. The van der Waals surface area contributed by atoms with E-state index in [1.54, 1.807) is 30.3 Å². The molecule has 1 amide bonds. The number of nitrogens with one attached hydrogen (secondary N) is 2. The second-order valence-corrected chi connectivity index (χ2v) is 6.09. The van der Waals surface area contributed by atoms with Crippen molar-refractivity contribution in [1.29, 1.82) is 0 Å². The maximum atomic E-state index is 12.1. The van der Waals surface area contributed by atoms with Gasteiger partial charge in [-0.1, -0.05) is 60.1 Å². The largest absolute Gasteiger partial charge is 0.480 e. The third kappa shape index (κ3) is 4.29. The average Bonchev–Trinajstić information content (AvgIpc) is 2.96. The Hall–Kier alpha value is -3.12. The molecule has 3 rings (SSSR count). The van der Waals surface area contributed by atoms with E-state index in [1.807, 2.05) is 30.3 Å². The second kappa shape index (κ2) is 7.84. The van der Waals surface area contributed by atoms with Crippen molar-refractivity contribution in [3.05, 3.63) is 76.4 Å². The van der Waals surface area contributed by atoms with Gasteiger partial charge in [-0.25, -0.2) is 9.79 Å². The lowest BCUT2D eigenvalue weighted by Gasteiger charge is -2.09. The number of carbonyl (C=O) groups is 2. The fourth-order valence-electron chi connectivity index (χ4n) is 2.49. The number of carboxylic acid groups (broad SMARTS) is 1. The standard InChI is InChI=1S/C19H16ClN3O3/c20-14-9-5-4-8-13(14)11-15-17(24)23-19(21-15)22-16(18(25)26)10-12-6-2-1-3-7-12/h1-9,11,16H,10H2,(H,25,26)(H2,21,22,23,24)/b15-11+. The van der Waals surface area contributed by atoms with Crippen molar-refractivity contribution in [3.63, 3.8) is 0 Å². The third-order valence-corrected chi connectivity index (χ3v) is 4.12. The molecule has 26 heavy (non-hydrogen) atoms. The number of aliphatic carboxylic acids is 1. The number of carbonyl (C=O) groups excluding carboxylic acids is 1. The van der Waals surface area contributed by atoms with Gasteiger partial charge in [0.2, 0.25) is 5.96 Å². The molecule has 2 aromatic rings. The van der Waals surface area contributed by atoms with Gasteiger partial charge in [0.15, 0.2) is 6.04 Å². The summed E-state index contributed by atoms with van der Waals surface area (Å²) in [7, 11) is 0. The van der Waals surface area contributed by atoms with E-state index in [2.05, 4.69) is 15.6 Å². The fraction of sp³-hybridized carbons (Fsp3) is 0.105. The van der Waals surface area contributed by atoms with Crippen LogP contribution in [0.3, 0.4) is 0 Å². The molecule has 1 aliphatic heterocycles. The van der Waals surface area contributed by atoms with Gasteiger partial charge in [-0.3, -0.25) is 10.1 Å². The zero-order chi connectivity index (χ0) is 18.5. The first-order chi connectivity index (χ1) is 12.5. The molecule has 0 saturated carbocycles. The number of guanidine groups is 1. The number of nitrogens with zero attached hydrogens (tertiary/aromatic N) is 1. The Kier molecular flexibility index (Phi) is 5.34. The molecule has 1 heterocycles. The second-order valence-electron chi connectivity index (χ2n) is 5.68. The molecule has 3 N–H and O–H groups in total. The number of benzene rings is 2. The molecule has 1 saturated heterocycles. The number of halogens is 1. The molecule has 1 aliphatic rings. The summed E-state index contributed by atoms with van der Waals surface area (Å²) >= 11 is 6.09. The van der Waals surface area contributed by atoms with Gasteiger partial charge in [0.05, 0.1) is 0 Å². The van der Waals surface area contributed by atoms with Crippen molar-refractivity contribution < 1.29 is 14.7 Å². The SMILES string of the molecule is O=C1NC(=NC(Cc2ccccc2)C(=O)O)N/C1=C/c1ccccc1Cl. The van der Waals surface area contributed by atoms with Crippen molar-refractivity contribution in [1.82, 2.24) is 10.6 Å². The van der Waals surface area contributed by atoms with Crippen LogP contribution in [0.25, 0.3) is 6.08 Å². The Morgan fingerprint density at radius 1 is 1.12 bits per heavy atom. The van der Waals surface area contributed by atoms with Gasteiger partial charge >= 0.3 is 5.97 Å². The molecule has 0 radical (unpaired) electrons. The van der Waals surface area contributed by atoms with Gasteiger partial charge < -0.3 is 10.4 Å². The third-order valence-electron chi connectivity index (χ3n) is 3.78. The summed E-state index contributed by atoms with van der Waals surface area (Å²) < 4.78 is 0. The lowest BCUT2D eigenvalue weighted by Crippen LogP contribution is -2.31. The Bertz CT molecular complexity index is 894. The van der Waals surface area contributed by atoms with Crippen LogP contribution in [0, 0.1) is 0 Å². The summed E-state index contributed by atoms with van der Waals surface area (Å²) in [6.45, 7) is 0. The zero-order valence-corrected chi connectivity index (χ0v) is 14.4. The highest BCUT2D eigenvalue weighted by molar-refractivity contribution is 6.32. The first kappa shape index (κ1) is 17.7. The summed E-state index contributed by atoms with van der Waals surface area (Å²) in [4.78, 5) is 27.7. The monoisotopic (exact) mass is 369 g/mol. The predicted molar refractivity (Wildman–Crippen MR) is 99.7 cm³/mol. The van der Waals surface area contributed by atoms with E-state index in [0.29, 0.717) is 10.6 Å². The number of rotatable bonds is 5. The highest BCUT2D eigenvalue weighted by Gasteiger charge is 2.25. The molecule has 2 aromatic carbocycles. The summed E-state index contributed by atoms with van der Waals surface area (Å²) in [5, 5.41) is 15.3. The fourth-order valence-corrected chi connectivity index (χ4v) is 2.68. The molecular weight excluding hydrogens is 354 g/mol. The molecule has 0 aromatic heterocycles. The van der Waals surface area contributed by atoms with Gasteiger partial charge in [0.1, 0.15) is 5.70 Å². The maximum absolute atomic E-state index is 12.1. The van der Waals surface area contributed by atoms with E-state index in [4.69, 9.17) is 11.6 Å². The van der Waals surface area contributed by atoms with Crippen LogP contribution in [0.1, 0.15) is 11.1 Å². The van der Waals surface area contributed by atoms with E-state index in [-0.39, 0.29) is 18.1 Å². The minimum atomic E-state index is -1.07. The predicted octanol–water partition coefficient (Wildman–Crippen LogP) is 2.45. The Balaban J connectivity index is 1.79. The number of amides is 1. The average molecular weight is 370 g/mol. The maximum Gasteiger partial charge on any atom is 0.328 e. The van der Waals surface area contributed by atoms with Crippen LogP contribution in [0.4, 0.5) is 0 Å². The van der Waals surface area contributed by atoms with E-state index >= 15 is 0 Å².